The van der Waals surface area contributed by atoms with E-state index in [1.807, 2.05) is 60.7 Å². The van der Waals surface area contributed by atoms with Crippen LogP contribution >= 0.6 is 0 Å². The average Bonchev–Trinajstić information content (AvgIpc) is 3.37. The van der Waals surface area contributed by atoms with Gasteiger partial charge in [0.15, 0.2) is 11.5 Å². The second-order valence-electron chi connectivity index (χ2n) is 7.27. The summed E-state index contributed by atoms with van der Waals surface area (Å²) in [5.74, 6) is -2.61. The van der Waals surface area contributed by atoms with Crippen molar-refractivity contribution in [2.45, 2.75) is 30.7 Å². The van der Waals surface area contributed by atoms with E-state index in [2.05, 4.69) is 4.99 Å². The van der Waals surface area contributed by atoms with E-state index >= 15 is 0 Å². The van der Waals surface area contributed by atoms with E-state index in [1.165, 1.54) is 0 Å². The lowest BCUT2D eigenvalue weighted by atomic mass is 9.83. The highest BCUT2D eigenvalue weighted by Gasteiger charge is 2.51. The number of rotatable bonds is 4. The molecule has 1 atom stereocenters. The summed E-state index contributed by atoms with van der Waals surface area (Å²) in [6, 6.07) is 19.2. The SMILES string of the molecule is NC1=NC(c2ccccc2)(c2ccccc2)C(=O)N1CC1CCCO1.O=C(O)C(F)(F)F. The Morgan fingerprint density at radius 3 is 2.03 bits per heavy atom. The van der Waals surface area contributed by atoms with Crippen molar-refractivity contribution in [3.8, 4) is 0 Å². The van der Waals surface area contributed by atoms with Crippen LogP contribution in [0.5, 0.6) is 0 Å². The Labute approximate surface area is 182 Å². The first kappa shape index (κ1) is 23.3. The van der Waals surface area contributed by atoms with Gasteiger partial charge in [0, 0.05) is 6.61 Å². The van der Waals surface area contributed by atoms with Crippen LogP contribution in [0.25, 0.3) is 0 Å². The minimum absolute atomic E-state index is 0.0278. The molecule has 2 heterocycles. The van der Waals surface area contributed by atoms with Gasteiger partial charge in [-0.25, -0.2) is 9.79 Å². The maximum Gasteiger partial charge on any atom is 0.490 e. The number of nitrogens with two attached hydrogens (primary N) is 1. The number of amides is 1. The van der Waals surface area contributed by atoms with Crippen molar-refractivity contribution in [2.24, 2.45) is 10.7 Å². The molecule has 0 saturated carbocycles. The van der Waals surface area contributed by atoms with Gasteiger partial charge in [-0.05, 0) is 24.0 Å². The highest BCUT2D eigenvalue weighted by atomic mass is 19.4. The fourth-order valence-corrected chi connectivity index (χ4v) is 3.65. The summed E-state index contributed by atoms with van der Waals surface area (Å²) in [6.07, 6.45) is -3.09. The third-order valence-corrected chi connectivity index (χ3v) is 5.15. The van der Waals surface area contributed by atoms with Gasteiger partial charge in [-0.1, -0.05) is 60.7 Å². The Balaban J connectivity index is 0.000000360. The maximum absolute atomic E-state index is 13.5. The number of carbonyl (C=O) groups excluding carboxylic acids is 1. The number of aliphatic carboxylic acids is 1. The molecule has 2 aromatic carbocycles. The molecule has 0 aliphatic carbocycles. The normalized spacial score (nSPS) is 19.8. The number of hydrogen-bond acceptors (Lipinski definition) is 5. The van der Waals surface area contributed by atoms with Gasteiger partial charge >= 0.3 is 12.1 Å². The first-order valence-corrected chi connectivity index (χ1v) is 9.86. The summed E-state index contributed by atoms with van der Waals surface area (Å²) < 4.78 is 37.4. The third kappa shape index (κ3) is 4.75. The van der Waals surface area contributed by atoms with E-state index in [0.29, 0.717) is 6.54 Å². The van der Waals surface area contributed by atoms with Gasteiger partial charge in [-0.15, -0.1) is 0 Å². The topological polar surface area (TPSA) is 105 Å². The molecular weight excluding hydrogens is 427 g/mol. The Bertz CT molecular complexity index is 935. The molecule has 1 saturated heterocycles. The van der Waals surface area contributed by atoms with Gasteiger partial charge in [0.2, 0.25) is 0 Å². The second kappa shape index (κ2) is 9.39. The molecule has 32 heavy (non-hydrogen) atoms. The molecular formula is C22H22F3N3O4. The van der Waals surface area contributed by atoms with E-state index in [0.717, 1.165) is 30.6 Å². The van der Waals surface area contributed by atoms with Crippen LogP contribution in [0.3, 0.4) is 0 Å². The number of benzene rings is 2. The Morgan fingerprint density at radius 1 is 1.12 bits per heavy atom. The predicted molar refractivity (Wildman–Crippen MR) is 110 cm³/mol. The first-order chi connectivity index (χ1) is 15.2. The number of carboxylic acids is 1. The van der Waals surface area contributed by atoms with Gasteiger partial charge in [0.1, 0.15) is 0 Å². The summed E-state index contributed by atoms with van der Waals surface area (Å²) in [5.41, 5.74) is 6.72. The molecule has 1 fully saturated rings. The number of carbonyl (C=O) groups is 2. The number of ether oxygens (including phenoxy) is 1. The van der Waals surface area contributed by atoms with Crippen LogP contribution in [0.2, 0.25) is 0 Å². The third-order valence-electron chi connectivity index (χ3n) is 5.15. The summed E-state index contributed by atoms with van der Waals surface area (Å²) in [5, 5.41) is 7.12. The number of guanidine groups is 1. The summed E-state index contributed by atoms with van der Waals surface area (Å²) in [4.78, 5) is 28.7. The Hall–Kier alpha value is -3.40. The van der Waals surface area contributed by atoms with Crippen LogP contribution in [-0.2, 0) is 19.9 Å². The van der Waals surface area contributed by atoms with Crippen LogP contribution < -0.4 is 5.73 Å². The molecule has 0 spiro atoms. The molecule has 2 aliphatic heterocycles. The number of alkyl halides is 3. The molecule has 0 radical (unpaired) electrons. The molecule has 2 aliphatic rings. The van der Waals surface area contributed by atoms with Crippen LogP contribution in [0, 0.1) is 0 Å². The molecule has 0 bridgehead atoms. The van der Waals surface area contributed by atoms with E-state index in [4.69, 9.17) is 20.4 Å². The zero-order valence-corrected chi connectivity index (χ0v) is 17.0. The number of aliphatic imine (C=N–C) groups is 1. The Kier molecular flexibility index (Phi) is 6.83. The molecule has 7 nitrogen and oxygen atoms in total. The van der Waals surface area contributed by atoms with Crippen molar-refractivity contribution in [2.75, 3.05) is 13.2 Å². The molecule has 0 aromatic heterocycles. The number of halogens is 3. The molecule has 1 unspecified atom stereocenters. The second-order valence-corrected chi connectivity index (χ2v) is 7.27. The summed E-state index contributed by atoms with van der Waals surface area (Å²) >= 11 is 0. The summed E-state index contributed by atoms with van der Waals surface area (Å²) in [7, 11) is 0. The standard InChI is InChI=1S/C20H21N3O2.C2HF3O2/c21-19-22-20(15-8-3-1-4-9-15,16-10-5-2-6-11-16)18(24)23(19)14-17-12-7-13-25-17;3-2(4,5)1(6)7/h1-6,8-11,17H,7,12-14H2,(H2,21,22);(H,6,7). The monoisotopic (exact) mass is 449 g/mol. The van der Waals surface area contributed by atoms with Gasteiger partial charge in [0.25, 0.3) is 5.91 Å². The van der Waals surface area contributed by atoms with Crippen LogP contribution in [0.1, 0.15) is 24.0 Å². The van der Waals surface area contributed by atoms with Crippen LogP contribution in [-0.4, -0.2) is 53.3 Å². The highest BCUT2D eigenvalue weighted by molar-refractivity contribution is 6.09. The number of nitrogens with zero attached hydrogens (tertiary/aromatic N) is 2. The minimum Gasteiger partial charge on any atom is -0.475 e. The fraction of sp³-hybridized carbons (Fsp3) is 0.318. The van der Waals surface area contributed by atoms with Crippen LogP contribution in [0.4, 0.5) is 13.2 Å². The molecule has 2 aromatic rings. The quantitative estimate of drug-likeness (QED) is 0.747. The smallest absolute Gasteiger partial charge is 0.475 e. The minimum atomic E-state index is -5.08. The van der Waals surface area contributed by atoms with Crippen LogP contribution in [0.15, 0.2) is 65.7 Å². The Morgan fingerprint density at radius 2 is 1.62 bits per heavy atom. The van der Waals surface area contributed by atoms with Crippen molar-refractivity contribution in [3.63, 3.8) is 0 Å². The fourth-order valence-electron chi connectivity index (χ4n) is 3.65. The number of carboxylic acid groups (broad SMARTS) is 1. The lowest BCUT2D eigenvalue weighted by molar-refractivity contribution is -0.192. The van der Waals surface area contributed by atoms with Crippen molar-refractivity contribution < 1.29 is 32.6 Å². The molecule has 1 amide bonds. The van der Waals surface area contributed by atoms with Gasteiger partial charge in [-0.3, -0.25) is 9.69 Å². The van der Waals surface area contributed by atoms with Gasteiger partial charge in [0.05, 0.1) is 12.6 Å². The molecule has 3 N–H and O–H groups in total. The maximum atomic E-state index is 13.5. The number of hydrogen-bond donors (Lipinski definition) is 2. The lowest BCUT2D eigenvalue weighted by Gasteiger charge is -2.28. The molecule has 10 heteroatoms. The lowest BCUT2D eigenvalue weighted by Crippen LogP contribution is -2.46. The highest BCUT2D eigenvalue weighted by Crippen LogP contribution is 2.39. The molecule has 170 valence electrons. The predicted octanol–water partition coefficient (Wildman–Crippen LogP) is 2.90. The zero-order valence-electron chi connectivity index (χ0n) is 17.0. The largest absolute Gasteiger partial charge is 0.490 e. The average molecular weight is 449 g/mol. The van der Waals surface area contributed by atoms with E-state index in [9.17, 15) is 18.0 Å². The zero-order chi connectivity index (χ0) is 23.4. The summed E-state index contributed by atoms with van der Waals surface area (Å²) in [6.45, 7) is 1.20. The van der Waals surface area contributed by atoms with Crippen molar-refractivity contribution in [3.05, 3.63) is 71.8 Å². The van der Waals surface area contributed by atoms with Gasteiger partial charge < -0.3 is 15.6 Å². The first-order valence-electron chi connectivity index (χ1n) is 9.86. The molecule has 4 rings (SSSR count). The van der Waals surface area contributed by atoms with Crippen molar-refractivity contribution in [1.29, 1.82) is 0 Å². The van der Waals surface area contributed by atoms with Crippen molar-refractivity contribution in [1.82, 2.24) is 4.90 Å². The van der Waals surface area contributed by atoms with Crippen molar-refractivity contribution >= 4 is 17.8 Å². The van der Waals surface area contributed by atoms with E-state index < -0.39 is 17.7 Å². The van der Waals surface area contributed by atoms with Gasteiger partial charge in [-0.2, -0.15) is 13.2 Å². The van der Waals surface area contributed by atoms with E-state index in [-0.39, 0.29) is 18.0 Å². The van der Waals surface area contributed by atoms with E-state index in [1.54, 1.807) is 4.90 Å².